The lowest BCUT2D eigenvalue weighted by atomic mass is 10.5. The van der Waals surface area contributed by atoms with Gasteiger partial charge in [0.2, 0.25) is 0 Å². The fraction of sp³-hybridized carbons (Fsp3) is 0.706. The highest BCUT2D eigenvalue weighted by molar-refractivity contribution is 8.76. The van der Waals surface area contributed by atoms with E-state index < -0.39 is 9.05 Å². The summed E-state index contributed by atoms with van der Waals surface area (Å²) in [4.78, 5) is 4.29. The predicted molar refractivity (Wildman–Crippen MR) is 108 cm³/mol. The molecule has 0 saturated carbocycles. The number of nitrogens with zero attached hydrogens (tertiary/aromatic N) is 1. The first-order chi connectivity index (χ1) is 12.3. The van der Waals surface area contributed by atoms with Crippen LogP contribution < -0.4 is 0 Å². The number of hydrogen-bond donors (Lipinski definition) is 0. The molecule has 0 fully saturated rings. The zero-order valence-electron chi connectivity index (χ0n) is 15.6. The van der Waals surface area contributed by atoms with Crippen molar-refractivity contribution >= 4 is 30.6 Å². The molecule has 0 bridgehead atoms. The third-order valence-electron chi connectivity index (χ3n) is 2.88. The molecule has 25 heavy (non-hydrogen) atoms. The maximum absolute atomic E-state index is 6.02. The molecule has 0 N–H and O–H groups in total. The van der Waals surface area contributed by atoms with Crippen LogP contribution in [0.3, 0.4) is 0 Å². The summed E-state index contributed by atoms with van der Waals surface area (Å²) in [6.07, 6.45) is 5.48. The molecule has 0 saturated heterocycles. The molecule has 1 aromatic rings. The third-order valence-corrected chi connectivity index (χ3v) is 7.46. The maximum atomic E-state index is 6.02. The highest BCUT2D eigenvalue weighted by atomic mass is 33.1. The van der Waals surface area contributed by atoms with Crippen molar-refractivity contribution in [3.8, 4) is 0 Å². The van der Waals surface area contributed by atoms with Crippen LogP contribution >= 0.6 is 21.6 Å². The lowest BCUT2D eigenvalue weighted by Crippen LogP contribution is -2.50. The second kappa shape index (κ2) is 15.0. The Kier molecular flexibility index (Phi) is 13.8. The molecule has 0 amide bonds. The first-order valence-corrected chi connectivity index (χ1v) is 13.0. The van der Waals surface area contributed by atoms with Crippen LogP contribution in [0, 0.1) is 0 Å². The molecule has 0 aliphatic rings. The van der Waals surface area contributed by atoms with Gasteiger partial charge in [0.15, 0.2) is 0 Å². The normalized spacial score (nSPS) is 11.8. The second-order valence-electron chi connectivity index (χ2n) is 5.32. The highest BCUT2D eigenvalue weighted by Crippen LogP contribution is 2.29. The number of hydrogen-bond acceptors (Lipinski definition) is 7. The zero-order chi connectivity index (χ0) is 18.2. The van der Waals surface area contributed by atoms with E-state index in [4.69, 9.17) is 17.7 Å². The Hall–Kier alpha value is -0.0931. The summed E-state index contributed by atoms with van der Waals surface area (Å²) in [7, 11) is 0.454. The van der Waals surface area contributed by atoms with Gasteiger partial charge in [0, 0.05) is 38.4 Å². The van der Waals surface area contributed by atoms with Crippen molar-refractivity contribution in [2.24, 2.45) is 0 Å². The van der Waals surface area contributed by atoms with E-state index in [0.717, 1.165) is 36.5 Å². The summed E-state index contributed by atoms with van der Waals surface area (Å²) in [6.45, 7) is 8.61. The Labute approximate surface area is 161 Å². The number of aromatic nitrogens is 1. The summed E-state index contributed by atoms with van der Waals surface area (Å²) in [5.41, 5.74) is 0. The molecule has 0 aromatic carbocycles. The van der Waals surface area contributed by atoms with Gasteiger partial charge in [-0.25, -0.2) is 4.98 Å². The molecular weight excluding hydrogens is 374 g/mol. The maximum Gasteiger partial charge on any atom is 0.679 e. The van der Waals surface area contributed by atoms with Crippen LogP contribution in [-0.4, -0.2) is 46.2 Å². The fourth-order valence-corrected chi connectivity index (χ4v) is 5.94. The van der Waals surface area contributed by atoms with Crippen LogP contribution in [0.15, 0.2) is 29.4 Å². The van der Waals surface area contributed by atoms with Crippen LogP contribution in [-0.2, 0) is 17.7 Å². The molecule has 144 valence electrons. The van der Waals surface area contributed by atoms with Gasteiger partial charge in [0.05, 0.1) is 0 Å². The van der Waals surface area contributed by atoms with Gasteiger partial charge in [0.1, 0.15) is 5.03 Å². The van der Waals surface area contributed by atoms with Crippen LogP contribution in [0.4, 0.5) is 0 Å². The highest BCUT2D eigenvalue weighted by Gasteiger charge is 2.45. The average molecular weight is 406 g/mol. The van der Waals surface area contributed by atoms with Gasteiger partial charge in [-0.3, -0.25) is 0 Å². The van der Waals surface area contributed by atoms with E-state index in [-0.39, 0.29) is 0 Å². The summed E-state index contributed by atoms with van der Waals surface area (Å²) >= 11 is 0. The molecule has 0 unspecified atom stereocenters. The molecule has 1 rings (SSSR count). The van der Waals surface area contributed by atoms with E-state index in [9.17, 15) is 0 Å². The van der Waals surface area contributed by atoms with Crippen LogP contribution in [0.2, 0.25) is 0 Å². The first-order valence-electron chi connectivity index (χ1n) is 9.02. The monoisotopic (exact) mass is 405 g/mol. The van der Waals surface area contributed by atoms with Gasteiger partial charge in [-0.2, -0.15) is 0 Å². The Balaban J connectivity index is 2.35. The molecule has 0 aliphatic carbocycles. The van der Waals surface area contributed by atoms with Gasteiger partial charge in [-0.05, 0) is 48.6 Å². The van der Waals surface area contributed by atoms with Gasteiger partial charge in [-0.15, -0.1) is 0 Å². The molecule has 5 nitrogen and oxygen atoms in total. The van der Waals surface area contributed by atoms with E-state index in [1.54, 1.807) is 21.6 Å². The third kappa shape index (κ3) is 10.6. The minimum atomic E-state index is -3.01. The molecule has 0 radical (unpaired) electrons. The van der Waals surface area contributed by atoms with E-state index in [1.165, 1.54) is 0 Å². The Morgan fingerprint density at radius 1 is 0.880 bits per heavy atom. The minimum absolute atomic E-state index is 0.582. The SMILES string of the molecule is CCCO[Si](OCCC)(OCCC)OCCCSSc1ccccn1. The molecule has 1 heterocycles. The fourth-order valence-electron chi connectivity index (χ4n) is 1.74. The predicted octanol–water partition coefficient (Wildman–Crippen LogP) is 4.94. The van der Waals surface area contributed by atoms with Crippen molar-refractivity contribution in [1.29, 1.82) is 0 Å². The van der Waals surface area contributed by atoms with Crippen LogP contribution in [0.25, 0.3) is 0 Å². The Bertz CT molecular complexity index is 407. The van der Waals surface area contributed by atoms with E-state index in [2.05, 4.69) is 25.8 Å². The van der Waals surface area contributed by atoms with Gasteiger partial charge in [-0.1, -0.05) is 37.6 Å². The summed E-state index contributed by atoms with van der Waals surface area (Å²) in [6, 6.07) is 5.94. The van der Waals surface area contributed by atoms with Crippen molar-refractivity contribution in [2.75, 3.05) is 32.2 Å². The molecule has 0 spiro atoms. The smallest absolute Gasteiger partial charge is 0.351 e. The molecule has 1 aromatic heterocycles. The van der Waals surface area contributed by atoms with Crippen LogP contribution in [0.1, 0.15) is 46.5 Å². The van der Waals surface area contributed by atoms with Crippen molar-refractivity contribution in [1.82, 2.24) is 4.98 Å². The number of rotatable bonds is 16. The van der Waals surface area contributed by atoms with Gasteiger partial charge < -0.3 is 17.7 Å². The summed E-state index contributed by atoms with van der Waals surface area (Å²) < 4.78 is 23.7. The van der Waals surface area contributed by atoms with E-state index in [0.29, 0.717) is 26.4 Å². The Morgan fingerprint density at radius 3 is 2.00 bits per heavy atom. The van der Waals surface area contributed by atoms with Crippen molar-refractivity contribution in [3.05, 3.63) is 24.4 Å². The lowest BCUT2D eigenvalue weighted by Gasteiger charge is -2.28. The molecule has 8 heteroatoms. The largest absolute Gasteiger partial charge is 0.679 e. The zero-order valence-corrected chi connectivity index (χ0v) is 18.2. The van der Waals surface area contributed by atoms with E-state index >= 15 is 0 Å². The van der Waals surface area contributed by atoms with Crippen molar-refractivity contribution < 1.29 is 17.7 Å². The standard InChI is InChI=1S/C17H31NO4S2Si/c1-4-12-19-25(20-13-5-2,21-14-6-3)22-15-9-16-23-24-17-10-7-8-11-18-17/h7-8,10-11H,4-6,9,12-16H2,1-3H3. The summed E-state index contributed by atoms with van der Waals surface area (Å²) in [5.74, 6) is 0.973. The van der Waals surface area contributed by atoms with Gasteiger partial charge >= 0.3 is 9.05 Å². The van der Waals surface area contributed by atoms with Crippen molar-refractivity contribution in [2.45, 2.75) is 51.5 Å². The van der Waals surface area contributed by atoms with Crippen molar-refractivity contribution in [3.63, 3.8) is 0 Å². The molecule has 0 aliphatic heterocycles. The quantitative estimate of drug-likeness (QED) is 0.219. The minimum Gasteiger partial charge on any atom is -0.351 e. The molecular formula is C17H31NO4S2Si. The average Bonchev–Trinajstić information content (AvgIpc) is 2.66. The molecule has 0 atom stereocenters. The number of pyridine rings is 1. The van der Waals surface area contributed by atoms with Gasteiger partial charge in [0.25, 0.3) is 0 Å². The van der Waals surface area contributed by atoms with E-state index in [1.807, 2.05) is 24.4 Å². The summed E-state index contributed by atoms with van der Waals surface area (Å²) in [5, 5.41) is 1.03. The first kappa shape index (κ1) is 22.9. The lowest BCUT2D eigenvalue weighted by molar-refractivity contribution is -0.0345. The van der Waals surface area contributed by atoms with Crippen LogP contribution in [0.5, 0.6) is 0 Å². The Morgan fingerprint density at radius 2 is 1.48 bits per heavy atom. The second-order valence-corrected chi connectivity index (χ2v) is 9.91. The topological polar surface area (TPSA) is 49.8 Å².